The molecular weight excluding hydrogens is 258 g/mol. The summed E-state index contributed by atoms with van der Waals surface area (Å²) in [7, 11) is 1.34. The summed E-state index contributed by atoms with van der Waals surface area (Å²) in [5.74, 6) is 0.544. The Morgan fingerprint density at radius 3 is 2.80 bits per heavy atom. The van der Waals surface area contributed by atoms with Crippen LogP contribution in [0.4, 0.5) is 4.79 Å². The normalized spacial score (nSPS) is 33.9. The van der Waals surface area contributed by atoms with Gasteiger partial charge in [0.1, 0.15) is 0 Å². The lowest BCUT2D eigenvalue weighted by Crippen LogP contribution is -2.57. The summed E-state index contributed by atoms with van der Waals surface area (Å²) in [4.78, 5) is 25.6. The number of nitrogens with zero attached hydrogens (tertiary/aromatic N) is 1. The molecule has 3 atom stereocenters. The molecule has 1 aliphatic carbocycles. The van der Waals surface area contributed by atoms with Crippen LogP contribution < -0.4 is 11.1 Å². The number of carbonyl (C=O) groups excluding carboxylic acids is 2. The first kappa shape index (κ1) is 15.1. The molecule has 1 heterocycles. The summed E-state index contributed by atoms with van der Waals surface area (Å²) >= 11 is 0. The fraction of sp³-hybridized carbons (Fsp3) is 0.857. The number of rotatable bonds is 2. The predicted octanol–water partition coefficient (Wildman–Crippen LogP) is 0.851. The van der Waals surface area contributed by atoms with Gasteiger partial charge in [0.25, 0.3) is 0 Å². The van der Waals surface area contributed by atoms with Gasteiger partial charge in [-0.1, -0.05) is 19.8 Å². The van der Waals surface area contributed by atoms with Crippen molar-refractivity contribution >= 4 is 12.0 Å². The zero-order valence-electron chi connectivity index (χ0n) is 12.4. The van der Waals surface area contributed by atoms with E-state index in [4.69, 9.17) is 5.73 Å². The van der Waals surface area contributed by atoms with Crippen molar-refractivity contribution in [1.82, 2.24) is 10.2 Å². The Kier molecular flexibility index (Phi) is 4.52. The average molecular weight is 283 g/mol. The number of hydrogen-bond donors (Lipinski definition) is 2. The first-order valence-corrected chi connectivity index (χ1v) is 7.37. The minimum Gasteiger partial charge on any atom is -0.453 e. The number of carbonyl (C=O) groups is 2. The Hall–Kier alpha value is -1.30. The van der Waals surface area contributed by atoms with Crippen molar-refractivity contribution in [2.24, 2.45) is 11.7 Å². The standard InChI is InChI=1S/C14H25N3O3/c1-10-4-3-6-14(15,8-10)12(18)17-7-5-11(9-17)16-13(19)20-2/h10-11H,3-9,15H2,1-2H3,(H,16,19). The van der Waals surface area contributed by atoms with Crippen molar-refractivity contribution < 1.29 is 14.3 Å². The van der Waals surface area contributed by atoms with Crippen LogP contribution in [-0.4, -0.2) is 48.7 Å². The molecule has 3 N–H and O–H groups in total. The third-order valence-electron chi connectivity index (χ3n) is 4.44. The number of nitrogens with two attached hydrogens (primary N) is 1. The minimum atomic E-state index is -0.710. The summed E-state index contributed by atoms with van der Waals surface area (Å²) in [6, 6.07) is -0.0315. The van der Waals surface area contributed by atoms with Gasteiger partial charge in [0.2, 0.25) is 5.91 Å². The molecule has 1 saturated carbocycles. The SMILES string of the molecule is COC(=O)NC1CCN(C(=O)C2(N)CCCC(C)C2)C1. The average Bonchev–Trinajstić information content (AvgIpc) is 2.85. The van der Waals surface area contributed by atoms with Gasteiger partial charge >= 0.3 is 6.09 Å². The lowest BCUT2D eigenvalue weighted by atomic mass is 9.76. The molecule has 1 saturated heterocycles. The van der Waals surface area contributed by atoms with Crippen LogP contribution in [0.15, 0.2) is 0 Å². The van der Waals surface area contributed by atoms with E-state index < -0.39 is 11.6 Å². The minimum absolute atomic E-state index is 0.0315. The summed E-state index contributed by atoms with van der Waals surface area (Å²) in [5, 5.41) is 2.74. The second kappa shape index (κ2) is 5.99. The number of ether oxygens (including phenoxy) is 1. The zero-order chi connectivity index (χ0) is 14.8. The molecule has 114 valence electrons. The van der Waals surface area contributed by atoms with Crippen LogP contribution in [0.5, 0.6) is 0 Å². The number of nitrogens with one attached hydrogen (secondary N) is 1. The van der Waals surface area contributed by atoms with Gasteiger partial charge in [-0.05, 0) is 25.2 Å². The van der Waals surface area contributed by atoms with Crippen LogP contribution in [0, 0.1) is 5.92 Å². The maximum atomic E-state index is 12.6. The van der Waals surface area contributed by atoms with E-state index >= 15 is 0 Å². The molecule has 0 spiro atoms. The van der Waals surface area contributed by atoms with Crippen molar-refractivity contribution in [3.63, 3.8) is 0 Å². The van der Waals surface area contributed by atoms with E-state index in [-0.39, 0.29) is 11.9 Å². The maximum Gasteiger partial charge on any atom is 0.407 e. The number of likely N-dealkylation sites (tertiary alicyclic amines) is 1. The first-order chi connectivity index (χ1) is 9.44. The fourth-order valence-corrected chi connectivity index (χ4v) is 3.39. The third-order valence-corrected chi connectivity index (χ3v) is 4.44. The molecule has 3 unspecified atom stereocenters. The molecule has 0 aromatic rings. The molecule has 0 aromatic carbocycles. The topological polar surface area (TPSA) is 84.7 Å². The number of alkyl carbamates (subject to hydrolysis) is 1. The highest BCUT2D eigenvalue weighted by Gasteiger charge is 2.42. The van der Waals surface area contributed by atoms with E-state index in [0.29, 0.717) is 19.0 Å². The largest absolute Gasteiger partial charge is 0.453 e. The van der Waals surface area contributed by atoms with Gasteiger partial charge < -0.3 is 20.7 Å². The Labute approximate surface area is 120 Å². The molecule has 2 rings (SSSR count). The van der Waals surface area contributed by atoms with E-state index in [1.165, 1.54) is 7.11 Å². The molecule has 6 nitrogen and oxygen atoms in total. The first-order valence-electron chi connectivity index (χ1n) is 7.37. The summed E-state index contributed by atoms with van der Waals surface area (Å²) in [5.41, 5.74) is 5.63. The number of hydrogen-bond acceptors (Lipinski definition) is 4. The number of methoxy groups -OCH3 is 1. The molecule has 0 bridgehead atoms. The number of amides is 2. The fourth-order valence-electron chi connectivity index (χ4n) is 3.39. The van der Waals surface area contributed by atoms with E-state index in [1.807, 2.05) is 0 Å². The van der Waals surface area contributed by atoms with Crippen LogP contribution in [0.2, 0.25) is 0 Å². The Morgan fingerprint density at radius 2 is 2.15 bits per heavy atom. The molecule has 2 fully saturated rings. The summed E-state index contributed by atoms with van der Waals surface area (Å²) < 4.78 is 4.58. The monoisotopic (exact) mass is 283 g/mol. The van der Waals surface area contributed by atoms with Gasteiger partial charge in [-0.15, -0.1) is 0 Å². The van der Waals surface area contributed by atoms with Crippen molar-refractivity contribution in [2.45, 2.75) is 50.6 Å². The van der Waals surface area contributed by atoms with Crippen molar-refractivity contribution in [3.8, 4) is 0 Å². The quantitative estimate of drug-likeness (QED) is 0.787. The Balaban J connectivity index is 1.92. The van der Waals surface area contributed by atoms with Gasteiger partial charge in [0.15, 0.2) is 0 Å². The van der Waals surface area contributed by atoms with E-state index in [0.717, 1.165) is 32.1 Å². The summed E-state index contributed by atoms with van der Waals surface area (Å²) in [6.45, 7) is 3.34. The van der Waals surface area contributed by atoms with Gasteiger partial charge in [-0.2, -0.15) is 0 Å². The smallest absolute Gasteiger partial charge is 0.407 e. The highest BCUT2D eigenvalue weighted by atomic mass is 16.5. The lowest BCUT2D eigenvalue weighted by molar-refractivity contribution is -0.137. The molecular formula is C14H25N3O3. The molecule has 20 heavy (non-hydrogen) atoms. The molecule has 2 amide bonds. The van der Waals surface area contributed by atoms with Crippen LogP contribution in [0.3, 0.4) is 0 Å². The van der Waals surface area contributed by atoms with E-state index in [9.17, 15) is 9.59 Å². The second-order valence-corrected chi connectivity index (χ2v) is 6.23. The van der Waals surface area contributed by atoms with Gasteiger partial charge in [0.05, 0.1) is 18.7 Å². The van der Waals surface area contributed by atoms with Crippen LogP contribution in [-0.2, 0) is 9.53 Å². The molecule has 2 aliphatic rings. The molecule has 0 aromatic heterocycles. The Bertz CT molecular complexity index is 388. The van der Waals surface area contributed by atoms with Crippen LogP contribution in [0.25, 0.3) is 0 Å². The van der Waals surface area contributed by atoms with E-state index in [2.05, 4.69) is 17.0 Å². The van der Waals surface area contributed by atoms with Gasteiger partial charge in [-0.3, -0.25) is 4.79 Å². The summed E-state index contributed by atoms with van der Waals surface area (Å²) in [6.07, 6.45) is 4.00. The highest BCUT2D eigenvalue weighted by molar-refractivity contribution is 5.86. The Morgan fingerprint density at radius 1 is 1.40 bits per heavy atom. The van der Waals surface area contributed by atoms with E-state index in [1.54, 1.807) is 4.90 Å². The van der Waals surface area contributed by atoms with Crippen LogP contribution in [0.1, 0.15) is 39.0 Å². The van der Waals surface area contributed by atoms with Crippen LogP contribution >= 0.6 is 0 Å². The highest BCUT2D eigenvalue weighted by Crippen LogP contribution is 2.32. The molecule has 1 aliphatic heterocycles. The zero-order valence-corrected chi connectivity index (χ0v) is 12.4. The van der Waals surface area contributed by atoms with Crippen molar-refractivity contribution in [2.75, 3.05) is 20.2 Å². The molecule has 0 radical (unpaired) electrons. The maximum absolute atomic E-state index is 12.6. The van der Waals surface area contributed by atoms with Gasteiger partial charge in [0, 0.05) is 13.1 Å². The predicted molar refractivity (Wildman–Crippen MR) is 75.1 cm³/mol. The van der Waals surface area contributed by atoms with Crippen molar-refractivity contribution in [1.29, 1.82) is 0 Å². The second-order valence-electron chi connectivity index (χ2n) is 6.23. The van der Waals surface area contributed by atoms with Crippen molar-refractivity contribution in [3.05, 3.63) is 0 Å². The third kappa shape index (κ3) is 3.23. The van der Waals surface area contributed by atoms with Gasteiger partial charge in [-0.25, -0.2) is 4.79 Å². The molecule has 6 heteroatoms. The lowest BCUT2D eigenvalue weighted by Gasteiger charge is -2.38.